The molecule has 1 aromatic rings. The molecule has 10 heteroatoms. The molecule has 0 saturated heterocycles. The van der Waals surface area contributed by atoms with E-state index in [4.69, 9.17) is 4.55 Å². The molecule has 0 fully saturated rings. The Labute approximate surface area is 115 Å². The van der Waals surface area contributed by atoms with Gasteiger partial charge in [0.15, 0.2) is 5.82 Å². The van der Waals surface area contributed by atoms with E-state index in [0.29, 0.717) is 0 Å². The Hall–Kier alpha value is -2.04. The van der Waals surface area contributed by atoms with Gasteiger partial charge in [-0.25, -0.2) is 4.98 Å². The zero-order valence-corrected chi connectivity index (χ0v) is 11.2. The fourth-order valence-corrected chi connectivity index (χ4v) is 1.53. The van der Waals surface area contributed by atoms with Crippen LogP contribution in [-0.4, -0.2) is 36.4 Å². The van der Waals surface area contributed by atoms with Gasteiger partial charge in [0, 0.05) is 6.20 Å². The summed E-state index contributed by atoms with van der Waals surface area (Å²) >= 11 is 0. The third-order valence-corrected chi connectivity index (χ3v) is 2.19. The molecule has 1 heterocycles. The van der Waals surface area contributed by atoms with Gasteiger partial charge in [-0.1, -0.05) is 6.07 Å². The number of hydrogen-bond donors (Lipinski definition) is 1. The Bertz CT molecular complexity index is 573. The van der Waals surface area contributed by atoms with Gasteiger partial charge in [0.05, 0.1) is 6.61 Å². The molecule has 1 rings (SSSR count). The quantitative estimate of drug-likeness (QED) is 0.340. The van der Waals surface area contributed by atoms with Crippen molar-refractivity contribution in [1.82, 2.24) is 4.98 Å². The molecule has 0 saturated carbocycles. The number of aromatic nitrogens is 1. The highest BCUT2D eigenvalue weighted by atomic mass is 32.3. The Morgan fingerprint density at radius 2 is 2.10 bits per heavy atom. The van der Waals surface area contributed by atoms with Gasteiger partial charge in [-0.15, -0.1) is 9.35 Å². The standard InChI is InChI=1S/C10H12N2O7S/c1-2-18-10(14)7-9(13)12(19-20(15,16)17)8-5-3-4-6-11-8/h3-6H,2,7H2,1H3,(H,15,16,17). The minimum Gasteiger partial charge on any atom is -0.466 e. The topological polar surface area (TPSA) is 123 Å². The molecule has 110 valence electrons. The van der Waals surface area contributed by atoms with Gasteiger partial charge in [0.2, 0.25) is 0 Å². The minimum atomic E-state index is -4.95. The van der Waals surface area contributed by atoms with Crippen LogP contribution in [0.15, 0.2) is 24.4 Å². The number of ether oxygens (including phenoxy) is 1. The van der Waals surface area contributed by atoms with Gasteiger partial charge in [0.25, 0.3) is 5.91 Å². The van der Waals surface area contributed by atoms with E-state index in [-0.39, 0.29) is 17.5 Å². The van der Waals surface area contributed by atoms with E-state index >= 15 is 0 Å². The maximum absolute atomic E-state index is 11.8. The van der Waals surface area contributed by atoms with Crippen molar-refractivity contribution in [3.63, 3.8) is 0 Å². The van der Waals surface area contributed by atoms with E-state index in [1.165, 1.54) is 24.4 Å². The summed E-state index contributed by atoms with van der Waals surface area (Å²) in [6, 6.07) is 4.24. The number of rotatable bonds is 6. The monoisotopic (exact) mass is 304 g/mol. The first-order valence-corrected chi connectivity index (χ1v) is 6.76. The van der Waals surface area contributed by atoms with Gasteiger partial charge >= 0.3 is 16.4 Å². The number of hydroxylamine groups is 1. The van der Waals surface area contributed by atoms with Crippen molar-refractivity contribution >= 4 is 28.1 Å². The van der Waals surface area contributed by atoms with E-state index in [0.717, 1.165) is 0 Å². The van der Waals surface area contributed by atoms with Crippen LogP contribution in [0.5, 0.6) is 0 Å². The van der Waals surface area contributed by atoms with Crippen LogP contribution < -0.4 is 5.06 Å². The number of carbonyl (C=O) groups excluding carboxylic acids is 2. The predicted octanol–water partition coefficient (Wildman–Crippen LogP) is 0.102. The Morgan fingerprint density at radius 3 is 2.60 bits per heavy atom. The van der Waals surface area contributed by atoms with E-state index in [1.807, 2.05) is 0 Å². The van der Waals surface area contributed by atoms with Crippen LogP contribution >= 0.6 is 0 Å². The maximum Gasteiger partial charge on any atom is 0.419 e. The van der Waals surface area contributed by atoms with Gasteiger partial charge in [-0.3, -0.25) is 14.1 Å². The molecule has 20 heavy (non-hydrogen) atoms. The van der Waals surface area contributed by atoms with Gasteiger partial charge in [0.1, 0.15) is 6.42 Å². The van der Waals surface area contributed by atoms with Crippen LogP contribution in [0.25, 0.3) is 0 Å². The third-order valence-electron chi connectivity index (χ3n) is 1.85. The number of carbonyl (C=O) groups is 2. The van der Waals surface area contributed by atoms with E-state index in [2.05, 4.69) is 14.0 Å². The lowest BCUT2D eigenvalue weighted by molar-refractivity contribution is -0.146. The van der Waals surface area contributed by atoms with Gasteiger partial charge < -0.3 is 4.74 Å². The SMILES string of the molecule is CCOC(=O)CC(=O)N(OS(=O)(=O)O)c1ccccn1. The lowest BCUT2D eigenvalue weighted by Gasteiger charge is -2.17. The number of amides is 1. The van der Waals surface area contributed by atoms with E-state index in [9.17, 15) is 18.0 Å². The molecule has 0 radical (unpaired) electrons. The molecule has 9 nitrogen and oxygen atoms in total. The van der Waals surface area contributed by atoms with Gasteiger partial charge in [-0.2, -0.15) is 8.42 Å². The number of anilines is 1. The molecule has 0 aromatic carbocycles. The van der Waals surface area contributed by atoms with Crippen molar-refractivity contribution in [3.05, 3.63) is 24.4 Å². The van der Waals surface area contributed by atoms with E-state index < -0.39 is 28.7 Å². The Balaban J connectivity index is 2.94. The molecule has 0 spiro atoms. The maximum atomic E-state index is 11.8. The van der Waals surface area contributed by atoms with Crippen LogP contribution in [0.4, 0.5) is 5.82 Å². The average molecular weight is 304 g/mol. The summed E-state index contributed by atoms with van der Waals surface area (Å²) in [6.07, 6.45) is 0.507. The number of pyridine rings is 1. The van der Waals surface area contributed by atoms with Crippen LogP contribution in [0.1, 0.15) is 13.3 Å². The van der Waals surface area contributed by atoms with Crippen LogP contribution in [-0.2, 0) is 29.0 Å². The summed E-state index contributed by atoms with van der Waals surface area (Å²) in [5, 5.41) is 0.201. The molecular formula is C10H12N2O7S. The average Bonchev–Trinajstić information content (AvgIpc) is 2.36. The highest BCUT2D eigenvalue weighted by Gasteiger charge is 2.26. The van der Waals surface area contributed by atoms with Crippen molar-refractivity contribution < 1.29 is 31.6 Å². The first-order valence-electron chi connectivity index (χ1n) is 5.40. The Morgan fingerprint density at radius 1 is 1.40 bits per heavy atom. The number of hydrogen-bond acceptors (Lipinski definition) is 7. The zero-order chi connectivity index (χ0) is 15.2. The highest BCUT2D eigenvalue weighted by molar-refractivity contribution is 7.81. The molecule has 0 aliphatic heterocycles. The second kappa shape index (κ2) is 6.93. The van der Waals surface area contributed by atoms with Crippen LogP contribution in [0.2, 0.25) is 0 Å². The summed E-state index contributed by atoms with van der Waals surface area (Å²) < 4.78 is 38.8. The predicted molar refractivity (Wildman–Crippen MR) is 65.6 cm³/mol. The van der Waals surface area contributed by atoms with E-state index in [1.54, 1.807) is 6.92 Å². The van der Waals surface area contributed by atoms with Crippen LogP contribution in [0.3, 0.4) is 0 Å². The molecule has 0 aliphatic rings. The summed E-state index contributed by atoms with van der Waals surface area (Å²) in [7, 11) is -4.95. The second-order valence-electron chi connectivity index (χ2n) is 3.36. The van der Waals surface area contributed by atoms with Crippen molar-refractivity contribution in [1.29, 1.82) is 0 Å². The smallest absolute Gasteiger partial charge is 0.419 e. The lowest BCUT2D eigenvalue weighted by atomic mass is 10.4. The first-order chi connectivity index (χ1) is 9.33. The van der Waals surface area contributed by atoms with Crippen molar-refractivity contribution in [3.8, 4) is 0 Å². The highest BCUT2D eigenvalue weighted by Crippen LogP contribution is 2.13. The molecule has 1 amide bonds. The molecular weight excluding hydrogens is 292 g/mol. The largest absolute Gasteiger partial charge is 0.466 e. The zero-order valence-electron chi connectivity index (χ0n) is 10.4. The molecule has 0 unspecified atom stereocenters. The normalized spacial score (nSPS) is 10.9. The van der Waals surface area contributed by atoms with Crippen molar-refractivity contribution in [2.45, 2.75) is 13.3 Å². The first kappa shape index (κ1) is 16.0. The summed E-state index contributed by atoms with van der Waals surface area (Å²) in [4.78, 5) is 26.7. The molecule has 0 atom stereocenters. The lowest BCUT2D eigenvalue weighted by Crippen LogP contribution is -2.35. The molecule has 1 N–H and O–H groups in total. The number of nitrogens with zero attached hydrogens (tertiary/aromatic N) is 2. The summed E-state index contributed by atoms with van der Waals surface area (Å²) in [6.45, 7) is 1.61. The minimum absolute atomic E-state index is 0.0643. The molecule has 0 aliphatic carbocycles. The third kappa shape index (κ3) is 5.30. The summed E-state index contributed by atoms with van der Waals surface area (Å²) in [5.41, 5.74) is 0. The fraction of sp³-hybridized carbons (Fsp3) is 0.300. The second-order valence-corrected chi connectivity index (χ2v) is 4.36. The van der Waals surface area contributed by atoms with Crippen molar-refractivity contribution in [2.24, 2.45) is 0 Å². The number of esters is 1. The fourth-order valence-electron chi connectivity index (χ4n) is 1.18. The molecule has 0 bridgehead atoms. The summed E-state index contributed by atoms with van der Waals surface area (Å²) in [5.74, 6) is -2.13. The molecule has 1 aromatic heterocycles. The Kier molecular flexibility index (Phi) is 5.55. The van der Waals surface area contributed by atoms with Crippen molar-refractivity contribution in [2.75, 3.05) is 11.7 Å². The van der Waals surface area contributed by atoms with Crippen LogP contribution in [0, 0.1) is 0 Å². The van der Waals surface area contributed by atoms with Gasteiger partial charge in [-0.05, 0) is 19.1 Å².